The van der Waals surface area contributed by atoms with E-state index in [1.165, 1.54) is 23.1 Å². The number of carbonyl (C=O) groups excluding carboxylic acids is 2. The lowest BCUT2D eigenvalue weighted by molar-refractivity contribution is -0.113. The van der Waals surface area contributed by atoms with Gasteiger partial charge in [0.1, 0.15) is 0 Å². The summed E-state index contributed by atoms with van der Waals surface area (Å²) in [7, 11) is 1.82. The minimum atomic E-state index is -0.349. The van der Waals surface area contributed by atoms with Crippen molar-refractivity contribution in [1.29, 1.82) is 0 Å². The SMILES string of the molecule is Cc1cccc(C(=O)N[C@@H](C)c2nnc(SCC(=O)Nc3nc(-c4ccccc4)c(C)s3)n2C)c1. The van der Waals surface area contributed by atoms with Gasteiger partial charge in [-0.05, 0) is 32.9 Å². The second kappa shape index (κ2) is 10.8. The Bertz CT molecular complexity index is 1350. The third kappa shape index (κ3) is 5.95. The van der Waals surface area contributed by atoms with Gasteiger partial charge < -0.3 is 15.2 Å². The van der Waals surface area contributed by atoms with Gasteiger partial charge in [0.05, 0.1) is 17.5 Å². The summed E-state index contributed by atoms with van der Waals surface area (Å²) < 4.78 is 1.79. The molecular weight excluding hydrogens is 480 g/mol. The summed E-state index contributed by atoms with van der Waals surface area (Å²) in [5.41, 5.74) is 3.51. The Morgan fingerprint density at radius 2 is 1.86 bits per heavy atom. The highest BCUT2D eigenvalue weighted by Gasteiger charge is 2.19. The van der Waals surface area contributed by atoms with Gasteiger partial charge in [0.2, 0.25) is 5.91 Å². The van der Waals surface area contributed by atoms with Crippen LogP contribution in [0.25, 0.3) is 11.3 Å². The Kier molecular flexibility index (Phi) is 7.62. The molecule has 2 amide bonds. The van der Waals surface area contributed by atoms with Crippen LogP contribution in [0.5, 0.6) is 0 Å². The van der Waals surface area contributed by atoms with Gasteiger partial charge in [-0.3, -0.25) is 9.59 Å². The number of nitrogens with one attached hydrogen (secondary N) is 2. The molecule has 4 rings (SSSR count). The van der Waals surface area contributed by atoms with Gasteiger partial charge in [-0.2, -0.15) is 0 Å². The zero-order chi connectivity index (χ0) is 24.9. The van der Waals surface area contributed by atoms with Gasteiger partial charge in [0, 0.05) is 23.1 Å². The second-order valence-corrected chi connectivity index (χ2v) is 10.2. The highest BCUT2D eigenvalue weighted by molar-refractivity contribution is 7.99. The molecule has 2 aromatic heterocycles. The molecule has 0 unspecified atom stereocenters. The lowest BCUT2D eigenvalue weighted by Crippen LogP contribution is -2.28. The maximum absolute atomic E-state index is 12.6. The van der Waals surface area contributed by atoms with E-state index in [1.807, 2.05) is 76.3 Å². The van der Waals surface area contributed by atoms with E-state index in [1.54, 1.807) is 10.6 Å². The number of hydrogen-bond donors (Lipinski definition) is 2. The van der Waals surface area contributed by atoms with Crippen molar-refractivity contribution in [1.82, 2.24) is 25.1 Å². The fraction of sp³-hybridized carbons (Fsp3) is 0.240. The van der Waals surface area contributed by atoms with Crippen LogP contribution in [0.1, 0.15) is 39.6 Å². The summed E-state index contributed by atoms with van der Waals surface area (Å²) in [5.74, 6) is 0.423. The summed E-state index contributed by atoms with van der Waals surface area (Å²) in [6, 6.07) is 17.0. The number of hydrogen-bond acceptors (Lipinski definition) is 7. The minimum absolute atomic E-state index is 0.162. The molecule has 0 bridgehead atoms. The fourth-order valence-corrected chi connectivity index (χ4v) is 5.13. The molecule has 0 radical (unpaired) electrons. The van der Waals surface area contributed by atoms with Crippen LogP contribution < -0.4 is 10.6 Å². The van der Waals surface area contributed by atoms with Crippen molar-refractivity contribution >= 4 is 40.0 Å². The Morgan fingerprint density at radius 1 is 1.09 bits per heavy atom. The van der Waals surface area contributed by atoms with E-state index in [9.17, 15) is 9.59 Å². The first-order chi connectivity index (χ1) is 16.8. The van der Waals surface area contributed by atoms with Gasteiger partial charge in [0.25, 0.3) is 5.91 Å². The topological polar surface area (TPSA) is 102 Å². The normalized spacial score (nSPS) is 11.8. The lowest BCUT2D eigenvalue weighted by atomic mass is 10.1. The van der Waals surface area contributed by atoms with E-state index in [0.29, 0.717) is 21.7 Å². The van der Waals surface area contributed by atoms with Crippen molar-refractivity contribution in [2.45, 2.75) is 32.0 Å². The maximum atomic E-state index is 12.6. The van der Waals surface area contributed by atoms with E-state index in [4.69, 9.17) is 0 Å². The molecule has 4 aromatic rings. The highest BCUT2D eigenvalue weighted by atomic mass is 32.2. The Labute approximate surface area is 212 Å². The maximum Gasteiger partial charge on any atom is 0.251 e. The Morgan fingerprint density at radius 3 is 2.60 bits per heavy atom. The zero-order valence-corrected chi connectivity index (χ0v) is 21.5. The number of aromatic nitrogens is 4. The van der Waals surface area contributed by atoms with Crippen molar-refractivity contribution in [2.24, 2.45) is 7.05 Å². The molecule has 0 fully saturated rings. The molecule has 2 aromatic carbocycles. The van der Waals surface area contributed by atoms with Crippen LogP contribution in [-0.2, 0) is 11.8 Å². The van der Waals surface area contributed by atoms with Crippen LogP contribution in [-0.4, -0.2) is 37.3 Å². The van der Waals surface area contributed by atoms with Crippen molar-refractivity contribution in [3.63, 3.8) is 0 Å². The molecule has 0 saturated heterocycles. The average molecular weight is 507 g/mol. The summed E-state index contributed by atoms with van der Waals surface area (Å²) in [6.45, 7) is 5.79. The summed E-state index contributed by atoms with van der Waals surface area (Å²) in [4.78, 5) is 30.7. The monoisotopic (exact) mass is 506 g/mol. The largest absolute Gasteiger partial charge is 0.342 e. The van der Waals surface area contributed by atoms with Crippen LogP contribution in [0.4, 0.5) is 5.13 Å². The molecule has 8 nitrogen and oxygen atoms in total. The third-order valence-corrected chi connectivity index (χ3v) is 7.21. The summed E-state index contributed by atoms with van der Waals surface area (Å²) >= 11 is 2.73. The van der Waals surface area contributed by atoms with Gasteiger partial charge in [-0.1, -0.05) is 59.8 Å². The number of carbonyl (C=O) groups is 2. The molecule has 2 N–H and O–H groups in total. The molecular formula is C25H26N6O2S2. The first kappa shape index (κ1) is 24.6. The average Bonchev–Trinajstić information content (AvgIpc) is 3.39. The van der Waals surface area contributed by atoms with Crippen LogP contribution in [0.15, 0.2) is 59.8 Å². The number of amides is 2. The minimum Gasteiger partial charge on any atom is -0.342 e. The molecule has 0 spiro atoms. The van der Waals surface area contributed by atoms with Crippen molar-refractivity contribution in [3.05, 3.63) is 76.4 Å². The molecule has 10 heteroatoms. The number of aryl methyl sites for hydroxylation is 2. The number of benzene rings is 2. The predicted octanol–water partition coefficient (Wildman–Crippen LogP) is 4.78. The second-order valence-electron chi connectivity index (χ2n) is 8.09. The molecule has 2 heterocycles. The smallest absolute Gasteiger partial charge is 0.251 e. The first-order valence-electron chi connectivity index (χ1n) is 11.0. The highest BCUT2D eigenvalue weighted by Crippen LogP contribution is 2.30. The van der Waals surface area contributed by atoms with Gasteiger partial charge in [-0.15, -0.1) is 21.5 Å². The number of anilines is 1. The summed E-state index contributed by atoms with van der Waals surface area (Å²) in [5, 5.41) is 15.4. The molecule has 0 aliphatic heterocycles. The third-order valence-electron chi connectivity index (χ3n) is 5.31. The van der Waals surface area contributed by atoms with Crippen molar-refractivity contribution in [2.75, 3.05) is 11.1 Å². The Hall–Kier alpha value is -3.50. The van der Waals surface area contributed by atoms with Crippen LogP contribution in [0, 0.1) is 13.8 Å². The van der Waals surface area contributed by atoms with Gasteiger partial charge in [-0.25, -0.2) is 4.98 Å². The van der Waals surface area contributed by atoms with E-state index < -0.39 is 0 Å². The van der Waals surface area contributed by atoms with Crippen molar-refractivity contribution < 1.29 is 9.59 Å². The van der Waals surface area contributed by atoms with Crippen LogP contribution >= 0.6 is 23.1 Å². The number of thiazole rings is 1. The van der Waals surface area contributed by atoms with Gasteiger partial charge >= 0.3 is 0 Å². The quantitative estimate of drug-likeness (QED) is 0.334. The van der Waals surface area contributed by atoms with E-state index in [2.05, 4.69) is 25.8 Å². The number of thioether (sulfide) groups is 1. The molecule has 1 atom stereocenters. The van der Waals surface area contributed by atoms with E-state index >= 15 is 0 Å². The first-order valence-corrected chi connectivity index (χ1v) is 12.8. The fourth-order valence-electron chi connectivity index (χ4n) is 3.56. The van der Waals surface area contributed by atoms with Crippen LogP contribution in [0.2, 0.25) is 0 Å². The molecule has 35 heavy (non-hydrogen) atoms. The number of nitrogens with zero attached hydrogens (tertiary/aromatic N) is 4. The van der Waals surface area contributed by atoms with E-state index in [0.717, 1.165) is 21.7 Å². The van der Waals surface area contributed by atoms with E-state index in [-0.39, 0.29) is 23.6 Å². The lowest BCUT2D eigenvalue weighted by Gasteiger charge is -2.14. The standard InChI is InChI=1S/C25H26N6O2S2/c1-15-9-8-12-19(13-15)23(33)26-16(2)22-29-30-25(31(22)4)34-14-20(32)27-24-28-21(17(3)35-24)18-10-6-5-7-11-18/h5-13,16H,14H2,1-4H3,(H,26,33)(H,27,28,32)/t16-/m0/s1. The molecule has 0 aliphatic carbocycles. The van der Waals surface area contributed by atoms with Crippen molar-refractivity contribution in [3.8, 4) is 11.3 Å². The van der Waals surface area contributed by atoms with Crippen LogP contribution in [0.3, 0.4) is 0 Å². The van der Waals surface area contributed by atoms with Gasteiger partial charge in [0.15, 0.2) is 16.1 Å². The predicted molar refractivity (Wildman–Crippen MR) is 140 cm³/mol. The zero-order valence-electron chi connectivity index (χ0n) is 19.9. The molecule has 0 aliphatic rings. The molecule has 180 valence electrons. The number of rotatable bonds is 8. The molecule has 0 saturated carbocycles. The Balaban J connectivity index is 1.34. The summed E-state index contributed by atoms with van der Waals surface area (Å²) in [6.07, 6.45) is 0.